The van der Waals surface area contributed by atoms with Gasteiger partial charge in [0.15, 0.2) is 6.29 Å². The van der Waals surface area contributed by atoms with Crippen molar-refractivity contribution >= 4 is 0 Å². The van der Waals surface area contributed by atoms with Gasteiger partial charge in [0.1, 0.15) is 17.4 Å². The Morgan fingerprint density at radius 1 is 0.821 bits per heavy atom. The summed E-state index contributed by atoms with van der Waals surface area (Å²) >= 11 is 0. The maximum atomic E-state index is 15.1. The molecule has 0 aromatic heterocycles. The van der Waals surface area contributed by atoms with Crippen LogP contribution in [-0.2, 0) is 9.47 Å². The second-order valence-corrected chi connectivity index (χ2v) is 11.5. The number of benzene rings is 2. The van der Waals surface area contributed by atoms with E-state index in [1.54, 1.807) is 0 Å². The zero-order valence-electron chi connectivity index (χ0n) is 22.2. The fourth-order valence-corrected chi connectivity index (χ4v) is 6.54. The first-order valence-corrected chi connectivity index (χ1v) is 14.0. The summed E-state index contributed by atoms with van der Waals surface area (Å²) in [6.45, 7) is 3.60. The van der Waals surface area contributed by atoms with Gasteiger partial charge in [0.25, 0.3) is 0 Å². The minimum atomic E-state index is -3.52. The third kappa shape index (κ3) is 6.41. The molecule has 3 fully saturated rings. The first-order valence-electron chi connectivity index (χ1n) is 14.0. The summed E-state index contributed by atoms with van der Waals surface area (Å²) in [5.41, 5.74) is 0.213. The van der Waals surface area contributed by atoms with Crippen LogP contribution in [0.2, 0.25) is 0 Å². The van der Waals surface area contributed by atoms with Crippen LogP contribution in [0.1, 0.15) is 63.9 Å². The zero-order chi connectivity index (χ0) is 27.6. The van der Waals surface area contributed by atoms with Crippen molar-refractivity contribution in [3.63, 3.8) is 0 Å². The molecule has 0 unspecified atom stereocenters. The molecule has 0 bridgehead atoms. The average Bonchev–Trinajstić information content (AvgIpc) is 2.93. The van der Waals surface area contributed by atoms with E-state index < -0.39 is 29.4 Å². The van der Waals surface area contributed by atoms with Crippen LogP contribution in [-0.4, -0.2) is 25.6 Å². The molecule has 2 aromatic carbocycles. The molecular formula is C31H35F4NO3. The lowest BCUT2D eigenvalue weighted by atomic mass is 9.69. The van der Waals surface area contributed by atoms with E-state index in [0.717, 1.165) is 51.0 Å². The number of rotatable bonds is 6. The van der Waals surface area contributed by atoms with Gasteiger partial charge in [-0.3, -0.25) is 0 Å². The van der Waals surface area contributed by atoms with Crippen molar-refractivity contribution in [3.8, 4) is 22.9 Å². The van der Waals surface area contributed by atoms with E-state index in [1.165, 1.54) is 24.3 Å². The lowest BCUT2D eigenvalue weighted by molar-refractivity contribution is -0.229. The van der Waals surface area contributed by atoms with E-state index in [-0.39, 0.29) is 17.4 Å². The topological polar surface area (TPSA) is 51.5 Å². The second-order valence-electron chi connectivity index (χ2n) is 11.5. The Bertz CT molecular complexity index is 1130. The molecule has 2 aromatic rings. The number of alkyl halides is 2. The van der Waals surface area contributed by atoms with Crippen molar-refractivity contribution in [3.05, 3.63) is 53.6 Å². The fourth-order valence-electron chi connectivity index (χ4n) is 6.54. The summed E-state index contributed by atoms with van der Waals surface area (Å²) in [6.07, 6.45) is 2.62. The SMILES string of the molecule is CC1COC(C2CCC(C3CCC(C(F)(F)Oc4cc(F)c(-c5ccc(C#N)cc5)c(F)c4)CC3)CC2)OC1. The molecule has 1 saturated heterocycles. The van der Waals surface area contributed by atoms with E-state index in [1.807, 2.05) is 6.07 Å². The van der Waals surface area contributed by atoms with Crippen molar-refractivity contribution in [2.75, 3.05) is 13.2 Å². The largest absolute Gasteiger partial charge is 0.432 e. The van der Waals surface area contributed by atoms with E-state index in [9.17, 15) is 8.78 Å². The van der Waals surface area contributed by atoms with Gasteiger partial charge in [0.05, 0.1) is 36.3 Å². The molecule has 2 aliphatic carbocycles. The van der Waals surface area contributed by atoms with Gasteiger partial charge in [0.2, 0.25) is 0 Å². The summed E-state index contributed by atoms with van der Waals surface area (Å²) in [5, 5.41) is 8.91. The molecule has 3 aliphatic rings. The van der Waals surface area contributed by atoms with Crippen LogP contribution in [0.25, 0.3) is 11.1 Å². The third-order valence-corrected chi connectivity index (χ3v) is 8.78. The Labute approximate surface area is 227 Å². The summed E-state index contributed by atoms with van der Waals surface area (Å²) in [5.74, 6) is -1.75. The zero-order valence-corrected chi connectivity index (χ0v) is 22.2. The van der Waals surface area contributed by atoms with Crippen LogP contribution in [0.4, 0.5) is 17.6 Å². The van der Waals surface area contributed by atoms with Crippen LogP contribution in [0.15, 0.2) is 36.4 Å². The summed E-state index contributed by atoms with van der Waals surface area (Å²) < 4.78 is 76.4. The molecule has 2 saturated carbocycles. The maximum Gasteiger partial charge on any atom is 0.400 e. The highest BCUT2D eigenvalue weighted by molar-refractivity contribution is 5.66. The minimum Gasteiger partial charge on any atom is -0.432 e. The van der Waals surface area contributed by atoms with Gasteiger partial charge in [-0.2, -0.15) is 14.0 Å². The van der Waals surface area contributed by atoms with Crippen molar-refractivity contribution in [2.24, 2.45) is 29.6 Å². The molecule has 8 heteroatoms. The van der Waals surface area contributed by atoms with Gasteiger partial charge < -0.3 is 14.2 Å². The van der Waals surface area contributed by atoms with Gasteiger partial charge >= 0.3 is 6.11 Å². The number of halogens is 4. The molecule has 1 aliphatic heterocycles. The van der Waals surface area contributed by atoms with Crippen molar-refractivity contribution < 1.29 is 31.8 Å². The van der Waals surface area contributed by atoms with Gasteiger partial charge in [0, 0.05) is 24.0 Å². The predicted octanol–water partition coefficient (Wildman–Crippen LogP) is 8.10. The van der Waals surface area contributed by atoms with Crippen molar-refractivity contribution in [1.29, 1.82) is 5.26 Å². The molecule has 0 spiro atoms. The Balaban J connectivity index is 1.14. The lowest BCUT2D eigenvalue weighted by Crippen LogP contribution is -2.40. The smallest absolute Gasteiger partial charge is 0.400 e. The number of hydrogen-bond acceptors (Lipinski definition) is 4. The maximum absolute atomic E-state index is 15.1. The quantitative estimate of drug-likeness (QED) is 0.344. The number of nitriles is 1. The van der Waals surface area contributed by atoms with Crippen molar-refractivity contribution in [2.45, 2.75) is 70.7 Å². The Hall–Kier alpha value is -2.63. The number of hydrogen-bond donors (Lipinski definition) is 0. The molecule has 1 heterocycles. The van der Waals surface area contributed by atoms with Gasteiger partial charge in [-0.25, -0.2) is 8.78 Å². The van der Waals surface area contributed by atoms with E-state index >= 15 is 8.78 Å². The summed E-state index contributed by atoms with van der Waals surface area (Å²) in [7, 11) is 0. The van der Waals surface area contributed by atoms with Crippen LogP contribution in [0.5, 0.6) is 5.75 Å². The standard InChI is InChI=1S/C31H35F4NO3/c1-19-17-37-30(38-18-19)24-8-6-21(7-9-24)22-10-12-25(13-11-22)31(34,35)39-26-14-27(32)29(28(33)15-26)23-4-2-20(16-36)3-5-23/h2-5,14-15,19,21-22,24-25,30H,6-13,17-18H2,1H3. The Kier molecular flexibility index (Phi) is 8.49. The Morgan fingerprint density at radius 3 is 1.87 bits per heavy atom. The highest BCUT2D eigenvalue weighted by atomic mass is 19.3. The number of ether oxygens (including phenoxy) is 3. The molecule has 4 nitrogen and oxygen atoms in total. The van der Waals surface area contributed by atoms with Crippen LogP contribution < -0.4 is 4.74 Å². The summed E-state index contributed by atoms with van der Waals surface area (Å²) in [4.78, 5) is 0. The van der Waals surface area contributed by atoms with Gasteiger partial charge in [-0.15, -0.1) is 0 Å². The molecular weight excluding hydrogens is 510 g/mol. The van der Waals surface area contributed by atoms with Crippen LogP contribution in [0.3, 0.4) is 0 Å². The van der Waals surface area contributed by atoms with Crippen LogP contribution >= 0.6 is 0 Å². The fraction of sp³-hybridized carbons (Fsp3) is 0.581. The van der Waals surface area contributed by atoms with Crippen LogP contribution in [0, 0.1) is 52.6 Å². The van der Waals surface area contributed by atoms with E-state index in [0.29, 0.717) is 54.9 Å². The van der Waals surface area contributed by atoms with Gasteiger partial charge in [-0.1, -0.05) is 19.1 Å². The number of nitrogens with zero attached hydrogens (tertiary/aromatic N) is 1. The Morgan fingerprint density at radius 2 is 1.33 bits per heavy atom. The molecule has 39 heavy (non-hydrogen) atoms. The molecule has 0 atom stereocenters. The van der Waals surface area contributed by atoms with Gasteiger partial charge in [-0.05, 0) is 80.9 Å². The first kappa shape index (κ1) is 27.9. The summed E-state index contributed by atoms with van der Waals surface area (Å²) in [6, 6.07) is 9.25. The predicted molar refractivity (Wildman–Crippen MR) is 138 cm³/mol. The molecule has 5 rings (SSSR count). The average molecular weight is 546 g/mol. The molecule has 0 radical (unpaired) electrons. The lowest BCUT2D eigenvalue weighted by Gasteiger charge is -2.41. The highest BCUT2D eigenvalue weighted by Gasteiger charge is 2.45. The van der Waals surface area contributed by atoms with E-state index in [4.69, 9.17) is 19.5 Å². The highest BCUT2D eigenvalue weighted by Crippen LogP contribution is 2.46. The monoisotopic (exact) mass is 545 g/mol. The van der Waals surface area contributed by atoms with E-state index in [2.05, 4.69) is 6.92 Å². The second kappa shape index (κ2) is 11.9. The third-order valence-electron chi connectivity index (χ3n) is 8.78. The molecule has 210 valence electrons. The first-order chi connectivity index (χ1) is 18.7. The molecule has 0 N–H and O–H groups in total. The van der Waals surface area contributed by atoms with Crippen molar-refractivity contribution in [1.82, 2.24) is 0 Å². The minimum absolute atomic E-state index is 0.110. The normalized spacial score (nSPS) is 29.9. The molecule has 0 amide bonds.